The number of ether oxygens (including phenoxy) is 1. The second-order valence-corrected chi connectivity index (χ2v) is 8.71. The Morgan fingerprint density at radius 1 is 1.26 bits per heavy atom. The normalized spacial score (nSPS) is 15.1. The number of nitrogens with zero attached hydrogens (tertiary/aromatic N) is 2. The maximum atomic E-state index is 11.6. The van der Waals surface area contributed by atoms with Gasteiger partial charge in [-0.2, -0.15) is 0 Å². The van der Waals surface area contributed by atoms with Crippen LogP contribution in [0.3, 0.4) is 0 Å². The van der Waals surface area contributed by atoms with Gasteiger partial charge in [0, 0.05) is 18.2 Å². The number of nitrogens with one attached hydrogen (secondary N) is 2. The summed E-state index contributed by atoms with van der Waals surface area (Å²) >= 11 is 1.55. The van der Waals surface area contributed by atoms with Gasteiger partial charge in [-0.1, -0.05) is 29.5 Å². The largest absolute Gasteiger partial charge is 0.489 e. The number of anilines is 1. The molecule has 0 aliphatic heterocycles. The fourth-order valence-electron chi connectivity index (χ4n) is 3.91. The highest BCUT2D eigenvalue weighted by Crippen LogP contribution is 2.40. The van der Waals surface area contributed by atoms with E-state index in [1.807, 2.05) is 51.2 Å². The summed E-state index contributed by atoms with van der Waals surface area (Å²) in [5, 5.41) is 25.7. The zero-order chi connectivity index (χ0) is 22.0. The first-order valence-corrected chi connectivity index (χ1v) is 11.2. The SMILES string of the molecule is CNc1cc(-c2nnc(-c3cccc4c3CCC4NC(=O)CO)s2)ccc1OC(C)C. The molecule has 1 amide bonds. The predicted octanol–water partition coefficient (Wildman–Crippen LogP) is 3.80. The van der Waals surface area contributed by atoms with Crippen LogP contribution in [0.2, 0.25) is 0 Å². The van der Waals surface area contributed by atoms with E-state index in [1.54, 1.807) is 11.3 Å². The zero-order valence-electron chi connectivity index (χ0n) is 17.8. The van der Waals surface area contributed by atoms with E-state index in [4.69, 9.17) is 9.84 Å². The quantitative estimate of drug-likeness (QED) is 0.519. The topological polar surface area (TPSA) is 96.4 Å². The molecule has 0 spiro atoms. The van der Waals surface area contributed by atoms with E-state index in [0.717, 1.165) is 51.0 Å². The number of aliphatic hydroxyl groups excluding tert-OH is 1. The lowest BCUT2D eigenvalue weighted by Gasteiger charge is -2.14. The van der Waals surface area contributed by atoms with Gasteiger partial charge in [0.1, 0.15) is 22.4 Å². The third-order valence-electron chi connectivity index (χ3n) is 5.26. The molecule has 3 N–H and O–H groups in total. The van der Waals surface area contributed by atoms with Crippen molar-refractivity contribution in [2.24, 2.45) is 0 Å². The van der Waals surface area contributed by atoms with Crippen LogP contribution in [-0.2, 0) is 11.2 Å². The molecule has 0 bridgehead atoms. The van der Waals surface area contributed by atoms with E-state index in [9.17, 15) is 4.79 Å². The average Bonchev–Trinajstić information content (AvgIpc) is 3.41. The van der Waals surface area contributed by atoms with Crippen LogP contribution in [0.5, 0.6) is 5.75 Å². The Kier molecular flexibility index (Phi) is 6.20. The Morgan fingerprint density at radius 3 is 2.81 bits per heavy atom. The Bertz CT molecular complexity index is 1100. The molecule has 162 valence electrons. The monoisotopic (exact) mass is 438 g/mol. The fourth-order valence-corrected chi connectivity index (χ4v) is 4.80. The molecule has 1 aliphatic rings. The van der Waals surface area contributed by atoms with E-state index in [1.165, 1.54) is 5.56 Å². The maximum absolute atomic E-state index is 11.6. The molecule has 1 atom stereocenters. The highest BCUT2D eigenvalue weighted by molar-refractivity contribution is 7.17. The number of carbonyl (C=O) groups excluding carboxylic acids is 1. The van der Waals surface area contributed by atoms with Gasteiger partial charge in [-0.3, -0.25) is 4.79 Å². The van der Waals surface area contributed by atoms with Crippen molar-refractivity contribution in [2.45, 2.75) is 38.8 Å². The van der Waals surface area contributed by atoms with Gasteiger partial charge in [-0.25, -0.2) is 0 Å². The fraction of sp³-hybridized carbons (Fsp3) is 0.348. The summed E-state index contributed by atoms with van der Waals surface area (Å²) in [4.78, 5) is 11.6. The molecule has 4 rings (SSSR count). The van der Waals surface area contributed by atoms with E-state index >= 15 is 0 Å². The number of hydrogen-bond donors (Lipinski definition) is 3. The highest BCUT2D eigenvalue weighted by Gasteiger charge is 2.27. The lowest BCUT2D eigenvalue weighted by atomic mass is 10.0. The van der Waals surface area contributed by atoms with Crippen molar-refractivity contribution < 1.29 is 14.6 Å². The summed E-state index contributed by atoms with van der Waals surface area (Å²) in [6.45, 7) is 3.51. The van der Waals surface area contributed by atoms with Gasteiger partial charge in [-0.15, -0.1) is 10.2 Å². The second kappa shape index (κ2) is 9.03. The molecule has 31 heavy (non-hydrogen) atoms. The first-order valence-electron chi connectivity index (χ1n) is 10.3. The van der Waals surface area contributed by atoms with Crippen LogP contribution in [0.1, 0.15) is 37.4 Å². The highest BCUT2D eigenvalue weighted by atomic mass is 32.1. The van der Waals surface area contributed by atoms with Gasteiger partial charge in [-0.05, 0) is 56.0 Å². The molecule has 2 aromatic carbocycles. The van der Waals surface area contributed by atoms with E-state index in [-0.39, 0.29) is 18.1 Å². The van der Waals surface area contributed by atoms with Crippen molar-refractivity contribution in [3.8, 4) is 26.9 Å². The molecule has 1 aliphatic carbocycles. The van der Waals surface area contributed by atoms with Crippen LogP contribution >= 0.6 is 11.3 Å². The molecule has 7 nitrogen and oxygen atoms in total. The first kappa shape index (κ1) is 21.3. The minimum atomic E-state index is -0.499. The number of carbonyl (C=O) groups is 1. The van der Waals surface area contributed by atoms with Crippen molar-refractivity contribution in [3.05, 3.63) is 47.5 Å². The van der Waals surface area contributed by atoms with Gasteiger partial charge in [0.25, 0.3) is 0 Å². The summed E-state index contributed by atoms with van der Waals surface area (Å²) in [6.07, 6.45) is 1.76. The number of fused-ring (bicyclic) bond motifs is 1. The van der Waals surface area contributed by atoms with E-state index < -0.39 is 6.61 Å². The summed E-state index contributed by atoms with van der Waals surface area (Å²) in [5.41, 5.74) is 5.21. The van der Waals surface area contributed by atoms with Crippen LogP contribution in [-0.4, -0.2) is 41.0 Å². The van der Waals surface area contributed by atoms with E-state index in [0.29, 0.717) is 0 Å². The number of rotatable bonds is 7. The lowest BCUT2D eigenvalue weighted by Crippen LogP contribution is -2.29. The Hall–Kier alpha value is -2.97. The Labute approximate surface area is 185 Å². The number of aromatic nitrogens is 2. The number of aliphatic hydroxyl groups is 1. The van der Waals surface area contributed by atoms with Gasteiger partial charge in [0.2, 0.25) is 5.91 Å². The third kappa shape index (κ3) is 4.40. The molecule has 1 heterocycles. The summed E-state index contributed by atoms with van der Waals surface area (Å²) < 4.78 is 5.86. The van der Waals surface area contributed by atoms with Gasteiger partial charge in [0.05, 0.1) is 17.8 Å². The van der Waals surface area contributed by atoms with Gasteiger partial charge in [0.15, 0.2) is 0 Å². The van der Waals surface area contributed by atoms with Crippen LogP contribution in [0.25, 0.3) is 21.1 Å². The Morgan fingerprint density at radius 2 is 2.06 bits per heavy atom. The van der Waals surface area contributed by atoms with Crippen molar-refractivity contribution in [1.82, 2.24) is 15.5 Å². The van der Waals surface area contributed by atoms with Crippen molar-refractivity contribution in [3.63, 3.8) is 0 Å². The third-order valence-corrected chi connectivity index (χ3v) is 6.27. The smallest absolute Gasteiger partial charge is 0.246 e. The van der Waals surface area contributed by atoms with Crippen LogP contribution in [0.4, 0.5) is 5.69 Å². The van der Waals surface area contributed by atoms with Gasteiger partial charge >= 0.3 is 0 Å². The van der Waals surface area contributed by atoms with Crippen molar-refractivity contribution in [2.75, 3.05) is 19.0 Å². The first-order chi connectivity index (χ1) is 15.0. The minimum absolute atomic E-state index is 0.0753. The molecule has 1 aromatic heterocycles. The van der Waals surface area contributed by atoms with Crippen LogP contribution in [0.15, 0.2) is 36.4 Å². The molecule has 0 saturated heterocycles. The number of amides is 1. The number of hydrogen-bond acceptors (Lipinski definition) is 7. The second-order valence-electron chi connectivity index (χ2n) is 7.73. The molecule has 0 radical (unpaired) electrons. The average molecular weight is 439 g/mol. The summed E-state index contributed by atoms with van der Waals surface area (Å²) in [6, 6.07) is 12.0. The lowest BCUT2D eigenvalue weighted by molar-refractivity contribution is -0.124. The molecule has 3 aromatic rings. The van der Waals surface area contributed by atoms with Crippen LogP contribution < -0.4 is 15.4 Å². The standard InChI is InChI=1S/C23H26N4O3S/c1-13(2)30-20-10-7-14(11-19(20)24-3)22-26-27-23(31-22)17-6-4-5-16-15(17)8-9-18(16)25-21(29)12-28/h4-7,10-11,13,18,24,28H,8-9,12H2,1-3H3,(H,25,29). The van der Waals surface area contributed by atoms with Crippen LogP contribution in [0, 0.1) is 0 Å². The zero-order valence-corrected chi connectivity index (χ0v) is 18.6. The Balaban J connectivity index is 1.63. The molecule has 0 fully saturated rings. The maximum Gasteiger partial charge on any atom is 0.246 e. The molecule has 1 unspecified atom stereocenters. The van der Waals surface area contributed by atoms with E-state index in [2.05, 4.69) is 26.9 Å². The molecule has 8 heteroatoms. The minimum Gasteiger partial charge on any atom is -0.489 e. The molecular weight excluding hydrogens is 412 g/mol. The predicted molar refractivity (Wildman–Crippen MR) is 122 cm³/mol. The molecule has 0 saturated carbocycles. The van der Waals surface area contributed by atoms with Gasteiger partial charge < -0.3 is 20.5 Å². The van der Waals surface area contributed by atoms with Crippen molar-refractivity contribution in [1.29, 1.82) is 0 Å². The van der Waals surface area contributed by atoms with Crippen molar-refractivity contribution >= 4 is 22.9 Å². The summed E-state index contributed by atoms with van der Waals surface area (Å²) in [5.74, 6) is 0.453. The molecular formula is C23H26N4O3S. The number of benzene rings is 2. The summed E-state index contributed by atoms with van der Waals surface area (Å²) in [7, 11) is 1.87.